The Morgan fingerprint density at radius 1 is 0.463 bits per heavy atom. The molecule has 0 aliphatic heterocycles. The Labute approximate surface area is 235 Å². The number of para-hydroxylation sites is 2. The van der Waals surface area contributed by atoms with Gasteiger partial charge in [-0.3, -0.25) is 9.38 Å². The molecular formula is C37H22N4. The highest BCUT2D eigenvalue weighted by Gasteiger charge is 2.14. The van der Waals surface area contributed by atoms with Gasteiger partial charge in [0.15, 0.2) is 0 Å². The van der Waals surface area contributed by atoms with Gasteiger partial charge in [-0.25, -0.2) is 9.97 Å². The van der Waals surface area contributed by atoms with Crippen molar-refractivity contribution >= 4 is 60.2 Å². The van der Waals surface area contributed by atoms with Crippen LogP contribution in [0.15, 0.2) is 134 Å². The van der Waals surface area contributed by atoms with Crippen LogP contribution in [-0.4, -0.2) is 19.4 Å². The van der Waals surface area contributed by atoms with Gasteiger partial charge in [0, 0.05) is 33.3 Å². The maximum atomic E-state index is 5.03. The second-order valence-electron chi connectivity index (χ2n) is 10.5. The van der Waals surface area contributed by atoms with Crippen molar-refractivity contribution in [3.63, 3.8) is 0 Å². The van der Waals surface area contributed by atoms with Crippen LogP contribution >= 0.6 is 0 Å². The lowest BCUT2D eigenvalue weighted by atomic mass is 9.99. The third kappa shape index (κ3) is 3.31. The summed E-state index contributed by atoms with van der Waals surface area (Å²) in [5, 5.41) is 5.80. The summed E-state index contributed by atoms with van der Waals surface area (Å²) in [4.78, 5) is 14.7. The quantitative estimate of drug-likeness (QED) is 0.213. The van der Waals surface area contributed by atoms with E-state index in [0.29, 0.717) is 0 Å². The fourth-order valence-electron chi connectivity index (χ4n) is 6.21. The summed E-state index contributed by atoms with van der Waals surface area (Å²) in [5.41, 5.74) is 10.5. The summed E-state index contributed by atoms with van der Waals surface area (Å²) >= 11 is 0. The molecule has 9 aromatic rings. The van der Waals surface area contributed by atoms with E-state index in [2.05, 4.69) is 131 Å². The molecule has 0 unspecified atom stereocenters. The Morgan fingerprint density at radius 2 is 1.20 bits per heavy atom. The van der Waals surface area contributed by atoms with Crippen LogP contribution in [0.25, 0.3) is 82.5 Å². The van der Waals surface area contributed by atoms with Crippen molar-refractivity contribution in [1.29, 1.82) is 0 Å². The molecule has 0 aliphatic rings. The molecule has 0 fully saturated rings. The molecule has 4 nitrogen and oxygen atoms in total. The highest BCUT2D eigenvalue weighted by Crippen LogP contribution is 2.35. The Bertz CT molecular complexity index is 2470. The summed E-state index contributed by atoms with van der Waals surface area (Å²) in [6.45, 7) is 0. The third-order valence-corrected chi connectivity index (χ3v) is 8.20. The maximum absolute atomic E-state index is 5.03. The lowest BCUT2D eigenvalue weighted by Gasteiger charge is -2.11. The first-order chi connectivity index (χ1) is 20.3. The monoisotopic (exact) mass is 522 g/mol. The largest absolute Gasteiger partial charge is 0.292 e. The highest BCUT2D eigenvalue weighted by atomic mass is 15.0. The van der Waals surface area contributed by atoms with Gasteiger partial charge in [-0.2, -0.15) is 0 Å². The lowest BCUT2D eigenvalue weighted by Crippen LogP contribution is -1.92. The second-order valence-corrected chi connectivity index (χ2v) is 10.5. The Morgan fingerprint density at radius 3 is 2.10 bits per heavy atom. The number of nitrogens with zero attached hydrogens (tertiary/aromatic N) is 4. The fraction of sp³-hybridized carbons (Fsp3) is 0. The topological polar surface area (TPSA) is 43.1 Å². The van der Waals surface area contributed by atoms with Gasteiger partial charge in [0.05, 0.1) is 33.3 Å². The van der Waals surface area contributed by atoms with E-state index in [4.69, 9.17) is 9.97 Å². The van der Waals surface area contributed by atoms with Gasteiger partial charge in [-0.05, 0) is 46.8 Å². The molecule has 0 radical (unpaired) electrons. The molecule has 4 heterocycles. The van der Waals surface area contributed by atoms with E-state index in [-0.39, 0.29) is 0 Å². The van der Waals surface area contributed by atoms with Crippen molar-refractivity contribution in [3.05, 3.63) is 134 Å². The molecule has 0 spiro atoms. The van der Waals surface area contributed by atoms with Crippen molar-refractivity contribution < 1.29 is 0 Å². The molecule has 4 heteroatoms. The zero-order chi connectivity index (χ0) is 26.9. The standard InChI is InChI=1S/C37H22N4/c1-2-8-30-28(7-1)29-19-17-27(22-34(29)41-33-10-4-3-9-32(33)40-37(30)41)23-11-13-24(14-12-23)31-20-18-26-16-15-25-6-5-21-38-35(25)36(26)39-31/h1-22H. The molecule has 0 saturated carbocycles. The van der Waals surface area contributed by atoms with Crippen molar-refractivity contribution in [2.75, 3.05) is 0 Å². The van der Waals surface area contributed by atoms with E-state index < -0.39 is 0 Å². The van der Waals surface area contributed by atoms with Crippen molar-refractivity contribution in [2.45, 2.75) is 0 Å². The lowest BCUT2D eigenvalue weighted by molar-refractivity contribution is 1.31. The molecule has 9 rings (SSSR count). The van der Waals surface area contributed by atoms with Gasteiger partial charge in [-0.1, -0.05) is 97.1 Å². The molecule has 4 aromatic heterocycles. The van der Waals surface area contributed by atoms with E-state index in [1.165, 1.54) is 21.7 Å². The molecule has 0 N–H and O–H groups in total. The van der Waals surface area contributed by atoms with E-state index in [1.54, 1.807) is 0 Å². The van der Waals surface area contributed by atoms with Crippen molar-refractivity contribution in [1.82, 2.24) is 19.4 Å². The number of benzene rings is 5. The summed E-state index contributed by atoms with van der Waals surface area (Å²) < 4.78 is 2.31. The summed E-state index contributed by atoms with van der Waals surface area (Å²) in [5.74, 6) is 0. The first-order valence-corrected chi connectivity index (χ1v) is 13.8. The third-order valence-electron chi connectivity index (χ3n) is 8.20. The predicted molar refractivity (Wildman–Crippen MR) is 169 cm³/mol. The second kappa shape index (κ2) is 8.44. The van der Waals surface area contributed by atoms with Gasteiger partial charge in [0.2, 0.25) is 0 Å². The number of hydrogen-bond donors (Lipinski definition) is 0. The van der Waals surface area contributed by atoms with Crippen LogP contribution in [-0.2, 0) is 0 Å². The number of imidazole rings is 1. The van der Waals surface area contributed by atoms with Crippen LogP contribution in [0.3, 0.4) is 0 Å². The number of pyridine rings is 3. The molecule has 0 aliphatic carbocycles. The minimum absolute atomic E-state index is 0.933. The van der Waals surface area contributed by atoms with Gasteiger partial charge in [0.25, 0.3) is 0 Å². The van der Waals surface area contributed by atoms with Crippen LogP contribution in [0.4, 0.5) is 0 Å². The van der Waals surface area contributed by atoms with Gasteiger partial charge < -0.3 is 0 Å². The average Bonchev–Trinajstić information content (AvgIpc) is 3.45. The Balaban J connectivity index is 1.20. The number of aromatic nitrogens is 4. The maximum Gasteiger partial charge on any atom is 0.146 e. The molecule has 41 heavy (non-hydrogen) atoms. The van der Waals surface area contributed by atoms with Crippen LogP contribution < -0.4 is 0 Å². The Hall–Kier alpha value is -5.61. The minimum atomic E-state index is 0.933. The average molecular weight is 523 g/mol. The fourth-order valence-corrected chi connectivity index (χ4v) is 6.21. The smallest absolute Gasteiger partial charge is 0.146 e. The van der Waals surface area contributed by atoms with Gasteiger partial charge in [-0.15, -0.1) is 0 Å². The normalized spacial score (nSPS) is 11.9. The number of rotatable bonds is 2. The minimum Gasteiger partial charge on any atom is -0.292 e. The number of fused-ring (bicyclic) bond motifs is 11. The van der Waals surface area contributed by atoms with Gasteiger partial charge >= 0.3 is 0 Å². The number of hydrogen-bond acceptors (Lipinski definition) is 3. The van der Waals surface area contributed by atoms with Crippen LogP contribution in [0, 0.1) is 0 Å². The van der Waals surface area contributed by atoms with Crippen LogP contribution in [0.1, 0.15) is 0 Å². The first kappa shape index (κ1) is 22.2. The zero-order valence-corrected chi connectivity index (χ0v) is 22.0. The summed E-state index contributed by atoms with van der Waals surface area (Å²) in [6, 6.07) is 44.9. The van der Waals surface area contributed by atoms with Gasteiger partial charge in [0.1, 0.15) is 5.65 Å². The molecular weight excluding hydrogens is 500 g/mol. The van der Waals surface area contributed by atoms with E-state index in [1.807, 2.05) is 12.3 Å². The Kier molecular flexibility index (Phi) is 4.58. The molecule has 0 amide bonds. The van der Waals surface area contributed by atoms with E-state index >= 15 is 0 Å². The first-order valence-electron chi connectivity index (χ1n) is 13.8. The van der Waals surface area contributed by atoms with Crippen LogP contribution in [0.2, 0.25) is 0 Å². The zero-order valence-electron chi connectivity index (χ0n) is 22.0. The molecule has 5 aromatic carbocycles. The van der Waals surface area contributed by atoms with E-state index in [9.17, 15) is 0 Å². The predicted octanol–water partition coefficient (Wildman–Crippen LogP) is 9.22. The highest BCUT2D eigenvalue weighted by molar-refractivity contribution is 6.14. The van der Waals surface area contributed by atoms with E-state index in [0.717, 1.165) is 60.8 Å². The van der Waals surface area contributed by atoms with Crippen LogP contribution in [0.5, 0.6) is 0 Å². The molecule has 0 atom stereocenters. The molecule has 190 valence electrons. The van der Waals surface area contributed by atoms with Crippen molar-refractivity contribution in [2.24, 2.45) is 0 Å². The van der Waals surface area contributed by atoms with Crippen molar-refractivity contribution in [3.8, 4) is 22.4 Å². The SMILES string of the molecule is c1cnc2c(c1)ccc1ccc(-c3ccc(-c4ccc5c6ccccc6c6nc7ccccc7n6c5c4)cc3)nc12. The molecule has 0 bridgehead atoms. The summed E-state index contributed by atoms with van der Waals surface area (Å²) in [7, 11) is 0. The summed E-state index contributed by atoms with van der Waals surface area (Å²) in [6.07, 6.45) is 1.83. The molecule has 0 saturated heterocycles.